The molecule has 0 aliphatic heterocycles. The van der Waals surface area contributed by atoms with E-state index in [9.17, 15) is 0 Å². The first kappa shape index (κ1) is 15.5. The summed E-state index contributed by atoms with van der Waals surface area (Å²) < 4.78 is 10.3. The van der Waals surface area contributed by atoms with Crippen LogP contribution in [0.5, 0.6) is 0 Å². The van der Waals surface area contributed by atoms with Crippen LogP contribution in [0.25, 0.3) is 0 Å². The van der Waals surface area contributed by atoms with Crippen LogP contribution in [0.1, 0.15) is 12.5 Å². The van der Waals surface area contributed by atoms with Gasteiger partial charge in [0.2, 0.25) is 0 Å². The number of hydrogen-bond donors (Lipinski definition) is 1. The highest BCUT2D eigenvalue weighted by atomic mass is 32.2. The summed E-state index contributed by atoms with van der Waals surface area (Å²) in [7, 11) is 1.69. The highest BCUT2D eigenvalue weighted by molar-refractivity contribution is 7.99. The molecular formula is C14H23NO2S. The van der Waals surface area contributed by atoms with Crippen molar-refractivity contribution in [1.82, 2.24) is 5.32 Å². The molecule has 102 valence electrons. The summed E-state index contributed by atoms with van der Waals surface area (Å²) >= 11 is 1.82. The van der Waals surface area contributed by atoms with Gasteiger partial charge in [0.15, 0.2) is 0 Å². The molecule has 0 radical (unpaired) electrons. The molecule has 1 aromatic carbocycles. The van der Waals surface area contributed by atoms with Crippen molar-refractivity contribution in [2.24, 2.45) is 0 Å². The van der Waals surface area contributed by atoms with Crippen LogP contribution in [0.15, 0.2) is 29.2 Å². The standard InChI is InChI=1S/C14H23NO2S/c1-3-15-12-13-4-6-14(7-5-13)18-11-10-17-9-8-16-2/h4-7,15H,3,8-12H2,1-2H3. The Morgan fingerprint density at radius 1 is 1.11 bits per heavy atom. The molecule has 18 heavy (non-hydrogen) atoms. The predicted octanol–water partition coefficient (Wildman–Crippen LogP) is 2.55. The van der Waals surface area contributed by atoms with Gasteiger partial charge in [-0.15, -0.1) is 11.8 Å². The third-order valence-electron chi connectivity index (χ3n) is 2.43. The van der Waals surface area contributed by atoms with Gasteiger partial charge in [-0.05, 0) is 24.2 Å². The number of ether oxygens (including phenoxy) is 2. The first-order valence-electron chi connectivity index (χ1n) is 6.36. The number of methoxy groups -OCH3 is 1. The van der Waals surface area contributed by atoms with E-state index >= 15 is 0 Å². The van der Waals surface area contributed by atoms with E-state index in [0.717, 1.165) is 25.4 Å². The first-order chi connectivity index (χ1) is 8.86. The molecule has 0 aromatic heterocycles. The topological polar surface area (TPSA) is 30.5 Å². The van der Waals surface area contributed by atoms with Crippen LogP contribution >= 0.6 is 11.8 Å². The van der Waals surface area contributed by atoms with Gasteiger partial charge in [0.1, 0.15) is 0 Å². The summed E-state index contributed by atoms with van der Waals surface area (Å²) in [5.74, 6) is 0.982. The van der Waals surface area contributed by atoms with Gasteiger partial charge in [-0.25, -0.2) is 0 Å². The van der Waals surface area contributed by atoms with Gasteiger partial charge in [0, 0.05) is 24.3 Å². The molecule has 3 nitrogen and oxygen atoms in total. The Labute approximate surface area is 114 Å². The lowest BCUT2D eigenvalue weighted by Gasteiger charge is -2.05. The summed E-state index contributed by atoms with van der Waals surface area (Å²) in [5, 5.41) is 3.32. The van der Waals surface area contributed by atoms with E-state index < -0.39 is 0 Å². The van der Waals surface area contributed by atoms with E-state index in [1.54, 1.807) is 7.11 Å². The molecule has 0 bridgehead atoms. The zero-order valence-corrected chi connectivity index (χ0v) is 12.1. The number of rotatable bonds is 10. The zero-order valence-electron chi connectivity index (χ0n) is 11.3. The van der Waals surface area contributed by atoms with Crippen LogP contribution < -0.4 is 5.32 Å². The maximum absolute atomic E-state index is 5.42. The molecule has 0 heterocycles. The Morgan fingerprint density at radius 3 is 2.56 bits per heavy atom. The minimum Gasteiger partial charge on any atom is -0.382 e. The van der Waals surface area contributed by atoms with Crippen LogP contribution in [0, 0.1) is 0 Å². The second-order valence-electron chi connectivity index (χ2n) is 3.88. The molecule has 0 aliphatic carbocycles. The number of hydrogen-bond acceptors (Lipinski definition) is 4. The Kier molecular flexibility index (Phi) is 8.94. The van der Waals surface area contributed by atoms with Crippen molar-refractivity contribution in [1.29, 1.82) is 0 Å². The van der Waals surface area contributed by atoms with Crippen molar-refractivity contribution in [3.8, 4) is 0 Å². The molecule has 0 spiro atoms. The van der Waals surface area contributed by atoms with Gasteiger partial charge < -0.3 is 14.8 Å². The molecule has 0 saturated heterocycles. The maximum atomic E-state index is 5.42. The van der Waals surface area contributed by atoms with Crippen molar-refractivity contribution in [2.45, 2.75) is 18.4 Å². The summed E-state index contributed by atoms with van der Waals surface area (Å²) in [6, 6.07) is 8.70. The van der Waals surface area contributed by atoms with E-state index in [4.69, 9.17) is 9.47 Å². The molecule has 0 fully saturated rings. The van der Waals surface area contributed by atoms with Crippen molar-refractivity contribution in [3.05, 3.63) is 29.8 Å². The lowest BCUT2D eigenvalue weighted by molar-refractivity contribution is 0.0790. The van der Waals surface area contributed by atoms with Crippen molar-refractivity contribution in [2.75, 3.05) is 39.2 Å². The van der Waals surface area contributed by atoms with E-state index in [2.05, 4.69) is 36.5 Å². The van der Waals surface area contributed by atoms with Crippen LogP contribution in [0.4, 0.5) is 0 Å². The van der Waals surface area contributed by atoms with Crippen LogP contribution in [-0.2, 0) is 16.0 Å². The molecule has 0 aliphatic rings. The average Bonchev–Trinajstić information content (AvgIpc) is 2.42. The van der Waals surface area contributed by atoms with Crippen molar-refractivity contribution < 1.29 is 9.47 Å². The van der Waals surface area contributed by atoms with Gasteiger partial charge in [-0.3, -0.25) is 0 Å². The van der Waals surface area contributed by atoms with E-state index in [1.807, 2.05) is 11.8 Å². The molecule has 0 amide bonds. The SMILES string of the molecule is CCNCc1ccc(SCCOCCOC)cc1. The van der Waals surface area contributed by atoms with Gasteiger partial charge >= 0.3 is 0 Å². The maximum Gasteiger partial charge on any atom is 0.0700 e. The number of thioether (sulfide) groups is 1. The summed E-state index contributed by atoms with van der Waals surface area (Å²) in [5.41, 5.74) is 1.33. The fourth-order valence-electron chi connectivity index (χ4n) is 1.44. The van der Waals surface area contributed by atoms with Crippen LogP contribution in [0.2, 0.25) is 0 Å². The largest absolute Gasteiger partial charge is 0.382 e. The average molecular weight is 269 g/mol. The third kappa shape index (κ3) is 7.01. The smallest absolute Gasteiger partial charge is 0.0700 e. The van der Waals surface area contributed by atoms with Gasteiger partial charge in [0.25, 0.3) is 0 Å². The lowest BCUT2D eigenvalue weighted by atomic mass is 10.2. The summed E-state index contributed by atoms with van der Waals surface area (Å²) in [6.45, 7) is 6.19. The molecular weight excluding hydrogens is 246 g/mol. The highest BCUT2D eigenvalue weighted by Crippen LogP contribution is 2.18. The number of nitrogens with one attached hydrogen (secondary N) is 1. The molecule has 1 rings (SSSR count). The summed E-state index contributed by atoms with van der Waals surface area (Å²) in [6.07, 6.45) is 0. The fourth-order valence-corrected chi connectivity index (χ4v) is 2.20. The van der Waals surface area contributed by atoms with E-state index in [1.165, 1.54) is 10.5 Å². The van der Waals surface area contributed by atoms with E-state index in [-0.39, 0.29) is 0 Å². The van der Waals surface area contributed by atoms with Gasteiger partial charge in [0.05, 0.1) is 19.8 Å². The Hall–Kier alpha value is -0.550. The molecule has 1 aromatic rings. The minimum absolute atomic E-state index is 0.670. The third-order valence-corrected chi connectivity index (χ3v) is 3.41. The monoisotopic (exact) mass is 269 g/mol. The van der Waals surface area contributed by atoms with Crippen molar-refractivity contribution in [3.63, 3.8) is 0 Å². The first-order valence-corrected chi connectivity index (χ1v) is 7.34. The highest BCUT2D eigenvalue weighted by Gasteiger charge is 1.96. The van der Waals surface area contributed by atoms with Crippen LogP contribution in [0.3, 0.4) is 0 Å². The predicted molar refractivity (Wildman–Crippen MR) is 77.2 cm³/mol. The molecule has 1 N–H and O–H groups in total. The minimum atomic E-state index is 0.670. The normalized spacial score (nSPS) is 10.8. The Balaban J connectivity index is 2.14. The molecule has 0 atom stereocenters. The summed E-state index contributed by atoms with van der Waals surface area (Å²) in [4.78, 5) is 1.30. The van der Waals surface area contributed by atoms with Crippen LogP contribution in [-0.4, -0.2) is 39.2 Å². The number of benzene rings is 1. The Morgan fingerprint density at radius 2 is 1.89 bits per heavy atom. The second-order valence-corrected chi connectivity index (χ2v) is 5.05. The lowest BCUT2D eigenvalue weighted by Crippen LogP contribution is -2.11. The van der Waals surface area contributed by atoms with Gasteiger partial charge in [-0.2, -0.15) is 0 Å². The molecule has 0 saturated carbocycles. The van der Waals surface area contributed by atoms with E-state index in [0.29, 0.717) is 13.2 Å². The second kappa shape index (κ2) is 10.4. The fraction of sp³-hybridized carbons (Fsp3) is 0.571. The van der Waals surface area contributed by atoms with Crippen molar-refractivity contribution >= 4 is 11.8 Å². The zero-order chi connectivity index (χ0) is 13.1. The van der Waals surface area contributed by atoms with Gasteiger partial charge in [-0.1, -0.05) is 19.1 Å². The molecule has 0 unspecified atom stereocenters. The molecule has 4 heteroatoms. The Bertz CT molecular complexity index is 303. The quantitative estimate of drug-likeness (QED) is 0.522.